The summed E-state index contributed by atoms with van der Waals surface area (Å²) in [4.78, 5) is 11.9. The molecular formula is C23H38O2. The standard InChI is InChI=1S/C23H38O2/c1-3-5-6-7-8-10-23(24)25-22-17-15-21(16-18-22)20-13-11-19(9-4-2)12-14-20/h6-8,10,19-22H,3-5,9,11-18H2,1-2H3. The van der Waals surface area contributed by atoms with Crippen molar-refractivity contribution >= 4 is 5.97 Å². The Balaban J connectivity index is 1.64. The fourth-order valence-corrected chi connectivity index (χ4v) is 4.71. The molecule has 2 nitrogen and oxygen atoms in total. The summed E-state index contributed by atoms with van der Waals surface area (Å²) >= 11 is 0. The molecule has 0 heterocycles. The van der Waals surface area contributed by atoms with Crippen molar-refractivity contribution in [2.75, 3.05) is 0 Å². The zero-order valence-corrected chi connectivity index (χ0v) is 16.4. The highest BCUT2D eigenvalue weighted by molar-refractivity contribution is 5.82. The van der Waals surface area contributed by atoms with Gasteiger partial charge in [0.1, 0.15) is 6.10 Å². The Morgan fingerprint density at radius 1 is 0.880 bits per heavy atom. The predicted molar refractivity (Wildman–Crippen MR) is 105 cm³/mol. The van der Waals surface area contributed by atoms with Crippen LogP contribution in [0, 0.1) is 17.8 Å². The molecule has 0 spiro atoms. The van der Waals surface area contributed by atoms with Gasteiger partial charge in [-0.2, -0.15) is 0 Å². The van der Waals surface area contributed by atoms with Gasteiger partial charge in [-0.1, -0.05) is 64.2 Å². The van der Waals surface area contributed by atoms with Gasteiger partial charge in [0.05, 0.1) is 0 Å². The Hall–Kier alpha value is -1.05. The number of allylic oxidation sites excluding steroid dienone is 3. The Kier molecular flexibility index (Phi) is 9.36. The SMILES string of the molecule is CCCC=CC=CC(=O)OC1CCC(C2CCC(CCC)CC2)CC1. The Bertz CT molecular complexity index is 421. The smallest absolute Gasteiger partial charge is 0.331 e. The fraction of sp³-hybridized carbons (Fsp3) is 0.783. The van der Waals surface area contributed by atoms with Crippen LogP contribution in [0.2, 0.25) is 0 Å². The van der Waals surface area contributed by atoms with Gasteiger partial charge in [0.15, 0.2) is 0 Å². The lowest BCUT2D eigenvalue weighted by Gasteiger charge is -2.37. The van der Waals surface area contributed by atoms with Crippen molar-refractivity contribution < 1.29 is 9.53 Å². The highest BCUT2D eigenvalue weighted by atomic mass is 16.5. The van der Waals surface area contributed by atoms with Gasteiger partial charge in [-0.05, 0) is 62.7 Å². The van der Waals surface area contributed by atoms with Crippen LogP contribution in [0.3, 0.4) is 0 Å². The third kappa shape index (κ3) is 7.38. The van der Waals surface area contributed by atoms with Crippen molar-refractivity contribution in [3.8, 4) is 0 Å². The maximum atomic E-state index is 11.9. The van der Waals surface area contributed by atoms with E-state index in [-0.39, 0.29) is 12.1 Å². The van der Waals surface area contributed by atoms with Crippen LogP contribution in [0.1, 0.15) is 90.9 Å². The van der Waals surface area contributed by atoms with Crippen molar-refractivity contribution in [1.29, 1.82) is 0 Å². The summed E-state index contributed by atoms with van der Waals surface area (Å²) in [5.41, 5.74) is 0. The van der Waals surface area contributed by atoms with Crippen LogP contribution in [0.15, 0.2) is 24.3 Å². The van der Waals surface area contributed by atoms with E-state index in [4.69, 9.17) is 4.74 Å². The molecule has 0 bridgehead atoms. The monoisotopic (exact) mass is 346 g/mol. The molecule has 0 aromatic heterocycles. The molecule has 25 heavy (non-hydrogen) atoms. The maximum absolute atomic E-state index is 11.9. The average Bonchev–Trinajstić information content (AvgIpc) is 2.63. The zero-order valence-electron chi connectivity index (χ0n) is 16.4. The molecule has 0 aromatic carbocycles. The Morgan fingerprint density at radius 3 is 2.12 bits per heavy atom. The van der Waals surface area contributed by atoms with Crippen molar-refractivity contribution in [3.05, 3.63) is 24.3 Å². The van der Waals surface area contributed by atoms with Gasteiger partial charge in [0.2, 0.25) is 0 Å². The molecule has 0 atom stereocenters. The normalized spacial score (nSPS) is 30.8. The number of carbonyl (C=O) groups is 1. The molecule has 2 rings (SSSR count). The van der Waals surface area contributed by atoms with E-state index in [9.17, 15) is 4.79 Å². The number of carbonyl (C=O) groups excluding carboxylic acids is 1. The predicted octanol–water partition coefficient (Wildman–Crippen LogP) is 6.61. The second kappa shape index (κ2) is 11.5. The Morgan fingerprint density at radius 2 is 1.52 bits per heavy atom. The van der Waals surface area contributed by atoms with E-state index in [1.54, 1.807) is 12.2 Å². The number of unbranched alkanes of at least 4 members (excludes halogenated alkanes) is 1. The van der Waals surface area contributed by atoms with Crippen molar-refractivity contribution in [3.63, 3.8) is 0 Å². The molecule has 2 saturated carbocycles. The highest BCUT2D eigenvalue weighted by Gasteiger charge is 2.31. The number of hydrogen-bond acceptors (Lipinski definition) is 2. The number of hydrogen-bond donors (Lipinski definition) is 0. The first kappa shape index (κ1) is 20.3. The highest BCUT2D eigenvalue weighted by Crippen LogP contribution is 2.41. The first-order valence-electron chi connectivity index (χ1n) is 10.8. The average molecular weight is 347 g/mol. The van der Waals surface area contributed by atoms with Crippen LogP contribution >= 0.6 is 0 Å². The Labute approximate surface area is 155 Å². The molecule has 142 valence electrons. The van der Waals surface area contributed by atoms with Crippen LogP contribution in [0.5, 0.6) is 0 Å². The summed E-state index contributed by atoms with van der Waals surface area (Å²) in [6.45, 7) is 4.46. The van der Waals surface area contributed by atoms with E-state index in [0.29, 0.717) is 0 Å². The molecular weight excluding hydrogens is 308 g/mol. The second-order valence-corrected chi connectivity index (χ2v) is 8.12. The van der Waals surface area contributed by atoms with Crippen LogP contribution in [0.4, 0.5) is 0 Å². The largest absolute Gasteiger partial charge is 0.459 e. The first-order valence-corrected chi connectivity index (χ1v) is 10.8. The van der Waals surface area contributed by atoms with Crippen molar-refractivity contribution in [2.45, 2.75) is 97.0 Å². The van der Waals surface area contributed by atoms with Gasteiger partial charge >= 0.3 is 5.97 Å². The van der Waals surface area contributed by atoms with Gasteiger partial charge in [-0.25, -0.2) is 4.79 Å². The maximum Gasteiger partial charge on any atom is 0.331 e. The molecule has 0 radical (unpaired) electrons. The third-order valence-corrected chi connectivity index (χ3v) is 6.19. The molecule has 2 fully saturated rings. The van der Waals surface area contributed by atoms with E-state index < -0.39 is 0 Å². The molecule has 0 aliphatic heterocycles. The summed E-state index contributed by atoms with van der Waals surface area (Å²) in [7, 11) is 0. The van der Waals surface area contributed by atoms with Gasteiger partial charge in [-0.3, -0.25) is 0 Å². The van der Waals surface area contributed by atoms with Crippen molar-refractivity contribution in [1.82, 2.24) is 0 Å². The van der Waals surface area contributed by atoms with Gasteiger partial charge in [0, 0.05) is 6.08 Å². The van der Waals surface area contributed by atoms with E-state index in [1.807, 2.05) is 6.08 Å². The van der Waals surface area contributed by atoms with Crippen LogP contribution in [-0.2, 0) is 9.53 Å². The molecule has 0 saturated heterocycles. The van der Waals surface area contributed by atoms with Crippen molar-refractivity contribution in [2.24, 2.45) is 17.8 Å². The van der Waals surface area contributed by atoms with Gasteiger partial charge in [-0.15, -0.1) is 0 Å². The molecule has 2 aliphatic carbocycles. The fourth-order valence-electron chi connectivity index (χ4n) is 4.71. The lowest BCUT2D eigenvalue weighted by Crippen LogP contribution is -2.29. The summed E-state index contributed by atoms with van der Waals surface area (Å²) in [5, 5.41) is 0. The van der Waals surface area contributed by atoms with E-state index in [2.05, 4.69) is 19.9 Å². The number of rotatable bonds is 8. The first-order chi connectivity index (χ1) is 12.2. The number of ether oxygens (including phenoxy) is 1. The topological polar surface area (TPSA) is 26.3 Å². The summed E-state index contributed by atoms with van der Waals surface area (Å²) in [5.74, 6) is 2.64. The van der Waals surface area contributed by atoms with Crippen LogP contribution in [0.25, 0.3) is 0 Å². The van der Waals surface area contributed by atoms with E-state index in [0.717, 1.165) is 43.4 Å². The summed E-state index contributed by atoms with van der Waals surface area (Å²) < 4.78 is 5.62. The summed E-state index contributed by atoms with van der Waals surface area (Å²) in [6, 6.07) is 0. The minimum Gasteiger partial charge on any atom is -0.459 e. The van der Waals surface area contributed by atoms with E-state index in [1.165, 1.54) is 51.4 Å². The molecule has 0 N–H and O–H groups in total. The van der Waals surface area contributed by atoms with E-state index >= 15 is 0 Å². The van der Waals surface area contributed by atoms with Gasteiger partial charge in [0.25, 0.3) is 0 Å². The van der Waals surface area contributed by atoms with Crippen LogP contribution < -0.4 is 0 Å². The molecule has 0 aromatic rings. The lowest BCUT2D eigenvalue weighted by molar-refractivity contribution is -0.145. The zero-order chi connectivity index (χ0) is 17.9. The van der Waals surface area contributed by atoms with Crippen LogP contribution in [-0.4, -0.2) is 12.1 Å². The lowest BCUT2D eigenvalue weighted by atomic mass is 9.70. The minimum absolute atomic E-state index is 0.143. The summed E-state index contributed by atoms with van der Waals surface area (Å²) in [6.07, 6.45) is 22.9. The molecule has 2 heteroatoms. The van der Waals surface area contributed by atoms with Gasteiger partial charge < -0.3 is 4.74 Å². The minimum atomic E-state index is -0.176. The second-order valence-electron chi connectivity index (χ2n) is 8.12. The molecule has 0 unspecified atom stereocenters. The third-order valence-electron chi connectivity index (χ3n) is 6.19. The quantitative estimate of drug-likeness (QED) is 0.281. The molecule has 2 aliphatic rings. The number of esters is 1. The molecule has 0 amide bonds.